The molecule has 0 aliphatic rings. The Morgan fingerprint density at radius 3 is 2.15 bits per heavy atom. The van der Waals surface area contributed by atoms with E-state index in [1.807, 2.05) is 35.2 Å². The summed E-state index contributed by atoms with van der Waals surface area (Å²) in [4.78, 5) is 14.4. The lowest BCUT2D eigenvalue weighted by molar-refractivity contribution is -0.132. The second kappa shape index (κ2) is 9.54. The van der Waals surface area contributed by atoms with Crippen LogP contribution in [-0.4, -0.2) is 29.9 Å². The lowest BCUT2D eigenvalue weighted by atomic mass is 10.1. The summed E-state index contributed by atoms with van der Waals surface area (Å²) >= 11 is 0. The molecule has 1 atom stereocenters. The highest BCUT2D eigenvalue weighted by Crippen LogP contribution is 2.07. The third-order valence-corrected chi connectivity index (χ3v) is 3.49. The summed E-state index contributed by atoms with van der Waals surface area (Å²) in [6, 6.07) is 9.57. The van der Waals surface area contributed by atoms with Crippen LogP contribution in [0.1, 0.15) is 45.1 Å². The lowest BCUT2D eigenvalue weighted by Crippen LogP contribution is -2.45. The number of carbonyl (C=O) groups excluding carboxylic acids is 1. The number of nitrogens with zero attached hydrogens (tertiary/aromatic N) is 1. The van der Waals surface area contributed by atoms with Gasteiger partial charge in [-0.2, -0.15) is 0 Å². The fraction of sp³-hybridized carbons (Fsp3) is 0.588. The normalized spacial score (nSPS) is 12.2. The second-order valence-corrected chi connectivity index (χ2v) is 5.33. The van der Waals surface area contributed by atoms with Gasteiger partial charge < -0.3 is 10.6 Å². The fourth-order valence-corrected chi connectivity index (χ4v) is 2.22. The molecule has 1 rings (SSSR count). The number of rotatable bonds is 9. The zero-order valence-corrected chi connectivity index (χ0v) is 12.8. The van der Waals surface area contributed by atoms with Crippen molar-refractivity contribution < 1.29 is 4.79 Å². The molecule has 3 heteroatoms. The summed E-state index contributed by atoms with van der Waals surface area (Å²) in [5.74, 6) is 0.0933. The van der Waals surface area contributed by atoms with E-state index in [4.69, 9.17) is 5.73 Å². The first-order valence-corrected chi connectivity index (χ1v) is 7.77. The lowest BCUT2D eigenvalue weighted by Gasteiger charge is -2.25. The summed E-state index contributed by atoms with van der Waals surface area (Å²) in [5, 5.41) is 0. The van der Waals surface area contributed by atoms with Crippen molar-refractivity contribution in [2.24, 2.45) is 5.73 Å². The molecule has 112 valence electrons. The van der Waals surface area contributed by atoms with Gasteiger partial charge in [0.25, 0.3) is 0 Å². The van der Waals surface area contributed by atoms with E-state index in [2.05, 4.69) is 13.8 Å². The first-order valence-electron chi connectivity index (χ1n) is 7.77. The SMILES string of the molecule is CCCCN(CCCC)C(=O)C(N)Cc1ccccc1. The molecule has 20 heavy (non-hydrogen) atoms. The van der Waals surface area contributed by atoms with Crippen molar-refractivity contribution in [1.29, 1.82) is 0 Å². The molecule has 0 aliphatic carbocycles. The van der Waals surface area contributed by atoms with E-state index in [9.17, 15) is 4.79 Å². The average Bonchev–Trinajstić information content (AvgIpc) is 2.48. The van der Waals surface area contributed by atoms with Crippen molar-refractivity contribution in [2.75, 3.05) is 13.1 Å². The highest BCUT2D eigenvalue weighted by atomic mass is 16.2. The molecule has 1 aromatic carbocycles. The van der Waals surface area contributed by atoms with Crippen LogP contribution in [-0.2, 0) is 11.2 Å². The minimum atomic E-state index is -0.425. The van der Waals surface area contributed by atoms with Gasteiger partial charge >= 0.3 is 0 Å². The van der Waals surface area contributed by atoms with Crippen LogP contribution in [0.5, 0.6) is 0 Å². The molecule has 1 unspecified atom stereocenters. The predicted molar refractivity (Wildman–Crippen MR) is 84.5 cm³/mol. The number of hydrogen-bond acceptors (Lipinski definition) is 2. The van der Waals surface area contributed by atoms with E-state index in [0.29, 0.717) is 6.42 Å². The number of amides is 1. The Balaban J connectivity index is 2.57. The number of nitrogens with two attached hydrogens (primary N) is 1. The number of carbonyl (C=O) groups is 1. The molecule has 0 heterocycles. The van der Waals surface area contributed by atoms with Gasteiger partial charge in [-0.3, -0.25) is 4.79 Å². The number of hydrogen-bond donors (Lipinski definition) is 1. The van der Waals surface area contributed by atoms with Gasteiger partial charge in [-0.15, -0.1) is 0 Å². The van der Waals surface area contributed by atoms with Crippen LogP contribution >= 0.6 is 0 Å². The molecular weight excluding hydrogens is 248 g/mol. The zero-order chi connectivity index (χ0) is 14.8. The van der Waals surface area contributed by atoms with Crippen molar-refractivity contribution in [2.45, 2.75) is 52.0 Å². The summed E-state index contributed by atoms with van der Waals surface area (Å²) in [7, 11) is 0. The van der Waals surface area contributed by atoms with Crippen molar-refractivity contribution in [3.8, 4) is 0 Å². The smallest absolute Gasteiger partial charge is 0.239 e. The topological polar surface area (TPSA) is 46.3 Å². The van der Waals surface area contributed by atoms with Gasteiger partial charge in [0.05, 0.1) is 6.04 Å². The van der Waals surface area contributed by atoms with Gasteiger partial charge in [-0.05, 0) is 24.8 Å². The maximum absolute atomic E-state index is 12.5. The number of benzene rings is 1. The zero-order valence-electron chi connectivity index (χ0n) is 12.8. The van der Waals surface area contributed by atoms with Gasteiger partial charge in [0.15, 0.2) is 0 Å². The van der Waals surface area contributed by atoms with Gasteiger partial charge in [-0.25, -0.2) is 0 Å². The van der Waals surface area contributed by atoms with E-state index in [1.165, 1.54) is 0 Å². The van der Waals surface area contributed by atoms with E-state index in [0.717, 1.165) is 44.3 Å². The van der Waals surface area contributed by atoms with Crippen molar-refractivity contribution in [3.05, 3.63) is 35.9 Å². The largest absolute Gasteiger partial charge is 0.341 e. The summed E-state index contributed by atoms with van der Waals surface area (Å²) in [5.41, 5.74) is 7.23. The Labute approximate surface area is 123 Å². The molecule has 0 fully saturated rings. The van der Waals surface area contributed by atoms with Crippen LogP contribution in [0.15, 0.2) is 30.3 Å². The molecule has 0 spiro atoms. The van der Waals surface area contributed by atoms with E-state index >= 15 is 0 Å². The van der Waals surface area contributed by atoms with Gasteiger partial charge in [0, 0.05) is 13.1 Å². The average molecular weight is 276 g/mol. The highest BCUT2D eigenvalue weighted by Gasteiger charge is 2.20. The standard InChI is InChI=1S/C17H28N2O/c1-3-5-12-19(13-6-4-2)17(20)16(18)14-15-10-8-7-9-11-15/h7-11,16H,3-6,12-14,18H2,1-2H3. The molecule has 0 aromatic heterocycles. The van der Waals surface area contributed by atoms with Crippen LogP contribution in [0.2, 0.25) is 0 Å². The van der Waals surface area contributed by atoms with Crippen molar-refractivity contribution in [3.63, 3.8) is 0 Å². The van der Waals surface area contributed by atoms with Crippen molar-refractivity contribution in [1.82, 2.24) is 4.90 Å². The van der Waals surface area contributed by atoms with Gasteiger partial charge in [0.2, 0.25) is 5.91 Å². The summed E-state index contributed by atoms with van der Waals surface area (Å²) in [6.45, 7) is 5.95. The molecule has 1 aromatic rings. The summed E-state index contributed by atoms with van der Waals surface area (Å²) < 4.78 is 0. The van der Waals surface area contributed by atoms with Gasteiger partial charge in [0.1, 0.15) is 0 Å². The maximum atomic E-state index is 12.5. The Morgan fingerprint density at radius 2 is 1.65 bits per heavy atom. The third kappa shape index (κ3) is 5.74. The van der Waals surface area contributed by atoms with Gasteiger partial charge in [-0.1, -0.05) is 57.0 Å². The van der Waals surface area contributed by atoms with E-state index < -0.39 is 6.04 Å². The molecule has 0 radical (unpaired) electrons. The Morgan fingerprint density at radius 1 is 1.10 bits per heavy atom. The fourth-order valence-electron chi connectivity index (χ4n) is 2.22. The molecular formula is C17H28N2O. The Hall–Kier alpha value is -1.35. The molecule has 3 nitrogen and oxygen atoms in total. The minimum Gasteiger partial charge on any atom is -0.341 e. The highest BCUT2D eigenvalue weighted by molar-refractivity contribution is 5.82. The molecule has 0 bridgehead atoms. The number of unbranched alkanes of at least 4 members (excludes halogenated alkanes) is 2. The van der Waals surface area contributed by atoms with E-state index in [-0.39, 0.29) is 5.91 Å². The molecule has 2 N–H and O–H groups in total. The quantitative estimate of drug-likeness (QED) is 0.753. The van der Waals surface area contributed by atoms with E-state index in [1.54, 1.807) is 0 Å². The Kier molecular flexibility index (Phi) is 7.97. The van der Waals surface area contributed by atoms with Crippen LogP contribution in [0.25, 0.3) is 0 Å². The monoisotopic (exact) mass is 276 g/mol. The second-order valence-electron chi connectivity index (χ2n) is 5.33. The van der Waals surface area contributed by atoms with Crippen LogP contribution in [0.3, 0.4) is 0 Å². The van der Waals surface area contributed by atoms with Crippen LogP contribution in [0.4, 0.5) is 0 Å². The molecule has 0 aliphatic heterocycles. The minimum absolute atomic E-state index is 0.0933. The third-order valence-electron chi connectivity index (χ3n) is 3.49. The van der Waals surface area contributed by atoms with Crippen LogP contribution < -0.4 is 5.73 Å². The molecule has 1 amide bonds. The predicted octanol–water partition coefficient (Wildman–Crippen LogP) is 2.99. The first-order chi connectivity index (χ1) is 9.69. The Bertz CT molecular complexity index is 370. The molecule has 0 saturated carbocycles. The molecule has 0 saturated heterocycles. The van der Waals surface area contributed by atoms with Crippen LogP contribution in [0, 0.1) is 0 Å². The first kappa shape index (κ1) is 16.7. The maximum Gasteiger partial charge on any atom is 0.239 e. The summed E-state index contributed by atoms with van der Waals surface area (Å²) in [6.07, 6.45) is 4.92. The van der Waals surface area contributed by atoms with Crippen molar-refractivity contribution >= 4 is 5.91 Å².